The topological polar surface area (TPSA) is 67.3 Å². The predicted octanol–water partition coefficient (Wildman–Crippen LogP) is 0.479. The highest BCUT2D eigenvalue weighted by molar-refractivity contribution is 7.88. The molecule has 0 saturated carbocycles. The van der Waals surface area contributed by atoms with Gasteiger partial charge in [0, 0.05) is 12.4 Å². The maximum atomic E-state index is 10.3. The van der Waals surface area contributed by atoms with Gasteiger partial charge in [-0.2, -0.15) is 8.42 Å². The molecule has 0 spiro atoms. The number of nitrogens with zero attached hydrogens (tertiary/aromatic N) is 1. The highest BCUT2D eigenvalue weighted by Crippen LogP contribution is 2.03. The van der Waals surface area contributed by atoms with E-state index in [9.17, 15) is 8.42 Å². The fourth-order valence-electron chi connectivity index (χ4n) is 0.614. The summed E-state index contributed by atoms with van der Waals surface area (Å²) >= 11 is 0. The molecular weight excluding hydrogens is 166 g/mol. The summed E-state index contributed by atoms with van der Waals surface area (Å²) in [5.41, 5.74) is 0.405. The third-order valence-corrected chi connectivity index (χ3v) is 1.56. The largest absolute Gasteiger partial charge is 0.285 e. The summed E-state index contributed by atoms with van der Waals surface area (Å²) in [5, 5.41) is 0. The normalized spacial score (nSPS) is 11.4. The third-order valence-electron chi connectivity index (χ3n) is 0.991. The van der Waals surface area contributed by atoms with Crippen molar-refractivity contribution < 1.29 is 13.0 Å². The van der Waals surface area contributed by atoms with Gasteiger partial charge in [-0.05, 0) is 17.7 Å². The lowest BCUT2D eigenvalue weighted by Gasteiger charge is -1.94. The molecule has 59 valence electrons. The maximum absolute atomic E-state index is 10.3. The Kier molecular flexibility index (Phi) is 2.21. The van der Waals surface area contributed by atoms with E-state index in [2.05, 4.69) is 4.98 Å². The van der Waals surface area contributed by atoms with Crippen LogP contribution in [0, 0.1) is 5.75 Å². The van der Waals surface area contributed by atoms with Crippen LogP contribution in [0.15, 0.2) is 24.5 Å². The summed E-state index contributed by atoms with van der Waals surface area (Å²) < 4.78 is 28.9. The van der Waals surface area contributed by atoms with E-state index >= 15 is 0 Å². The molecule has 0 aromatic carbocycles. The SMILES string of the molecule is O=S(=O)(O)[CH]c1ccncc1. The minimum Gasteiger partial charge on any atom is -0.285 e. The molecule has 1 aromatic heterocycles. The lowest BCUT2D eigenvalue weighted by atomic mass is 10.3. The second-order valence-corrected chi connectivity index (χ2v) is 3.18. The lowest BCUT2D eigenvalue weighted by Crippen LogP contribution is -1.98. The Labute approximate surface area is 64.6 Å². The minimum absolute atomic E-state index is 0.405. The number of hydrogen-bond acceptors (Lipinski definition) is 3. The maximum Gasteiger partial charge on any atom is 0.273 e. The molecule has 0 fully saturated rings. The number of pyridine rings is 1. The smallest absolute Gasteiger partial charge is 0.273 e. The standard InChI is InChI=1S/C6H6NO3S/c8-11(9,10)5-6-1-3-7-4-2-6/h1-5H,(H,8,9,10). The number of hydrogen-bond donors (Lipinski definition) is 1. The van der Waals surface area contributed by atoms with Gasteiger partial charge in [0.25, 0.3) is 10.1 Å². The van der Waals surface area contributed by atoms with Gasteiger partial charge in [-0.1, -0.05) is 0 Å². The van der Waals surface area contributed by atoms with Crippen molar-refractivity contribution in [1.82, 2.24) is 4.98 Å². The van der Waals surface area contributed by atoms with E-state index in [0.717, 1.165) is 5.75 Å². The van der Waals surface area contributed by atoms with Gasteiger partial charge in [0.15, 0.2) is 0 Å². The van der Waals surface area contributed by atoms with Gasteiger partial charge in [-0.3, -0.25) is 9.54 Å². The van der Waals surface area contributed by atoms with Crippen molar-refractivity contribution in [3.05, 3.63) is 35.8 Å². The highest BCUT2D eigenvalue weighted by atomic mass is 32.2. The van der Waals surface area contributed by atoms with Crippen LogP contribution in [0.1, 0.15) is 5.56 Å². The molecule has 0 aliphatic heterocycles. The molecule has 1 heterocycles. The Hall–Kier alpha value is -0.940. The van der Waals surface area contributed by atoms with Crippen LogP contribution >= 0.6 is 0 Å². The van der Waals surface area contributed by atoms with Gasteiger partial charge in [0.1, 0.15) is 5.75 Å². The predicted molar refractivity (Wildman–Crippen MR) is 39.2 cm³/mol. The summed E-state index contributed by atoms with van der Waals surface area (Å²) in [6.45, 7) is 0. The molecule has 1 rings (SSSR count). The first-order valence-corrected chi connectivity index (χ1v) is 4.30. The summed E-state index contributed by atoms with van der Waals surface area (Å²) in [7, 11) is -4.03. The average Bonchev–Trinajstić information content (AvgIpc) is 1.85. The second kappa shape index (κ2) is 2.98. The van der Waals surface area contributed by atoms with Gasteiger partial charge >= 0.3 is 0 Å². The quantitative estimate of drug-likeness (QED) is 0.659. The van der Waals surface area contributed by atoms with Gasteiger partial charge in [-0.15, -0.1) is 0 Å². The highest BCUT2D eigenvalue weighted by Gasteiger charge is 2.05. The van der Waals surface area contributed by atoms with Crippen molar-refractivity contribution in [2.24, 2.45) is 0 Å². The zero-order chi connectivity index (χ0) is 8.32. The van der Waals surface area contributed by atoms with Crippen LogP contribution in [-0.2, 0) is 10.1 Å². The van der Waals surface area contributed by atoms with E-state index < -0.39 is 10.1 Å². The number of aromatic nitrogens is 1. The van der Waals surface area contributed by atoms with Crippen LogP contribution in [0.3, 0.4) is 0 Å². The zero-order valence-corrected chi connectivity index (χ0v) is 6.32. The molecular formula is C6H6NO3S. The van der Waals surface area contributed by atoms with E-state index in [1.807, 2.05) is 0 Å². The van der Waals surface area contributed by atoms with Crippen LogP contribution in [-0.4, -0.2) is 18.0 Å². The van der Waals surface area contributed by atoms with Crippen molar-refractivity contribution in [3.8, 4) is 0 Å². The Morgan fingerprint density at radius 3 is 2.36 bits per heavy atom. The first-order chi connectivity index (χ1) is 5.08. The van der Waals surface area contributed by atoms with Gasteiger partial charge in [0.2, 0.25) is 0 Å². The third kappa shape index (κ3) is 3.10. The Morgan fingerprint density at radius 1 is 1.36 bits per heavy atom. The van der Waals surface area contributed by atoms with Crippen LogP contribution < -0.4 is 0 Å². The molecule has 0 saturated heterocycles. The average molecular weight is 172 g/mol. The molecule has 4 nitrogen and oxygen atoms in total. The summed E-state index contributed by atoms with van der Waals surface area (Å²) in [5.74, 6) is 0.759. The van der Waals surface area contributed by atoms with E-state index in [-0.39, 0.29) is 0 Å². The zero-order valence-electron chi connectivity index (χ0n) is 5.51. The molecule has 0 aliphatic carbocycles. The summed E-state index contributed by atoms with van der Waals surface area (Å²) in [6.07, 6.45) is 2.88. The minimum atomic E-state index is -4.03. The van der Waals surface area contributed by atoms with Crippen LogP contribution in [0.25, 0.3) is 0 Å². The van der Waals surface area contributed by atoms with E-state index in [1.54, 1.807) is 0 Å². The molecule has 0 bridgehead atoms. The van der Waals surface area contributed by atoms with E-state index in [4.69, 9.17) is 4.55 Å². The van der Waals surface area contributed by atoms with Crippen LogP contribution in [0.4, 0.5) is 0 Å². The van der Waals surface area contributed by atoms with E-state index in [0.29, 0.717) is 5.56 Å². The van der Waals surface area contributed by atoms with Crippen molar-refractivity contribution in [3.63, 3.8) is 0 Å². The monoisotopic (exact) mass is 172 g/mol. The van der Waals surface area contributed by atoms with Crippen LogP contribution in [0.5, 0.6) is 0 Å². The summed E-state index contributed by atoms with van der Waals surface area (Å²) in [6, 6.07) is 2.96. The van der Waals surface area contributed by atoms with Gasteiger partial charge in [-0.25, -0.2) is 0 Å². The Morgan fingerprint density at radius 2 is 1.91 bits per heavy atom. The molecule has 11 heavy (non-hydrogen) atoms. The van der Waals surface area contributed by atoms with Gasteiger partial charge in [0.05, 0.1) is 0 Å². The molecule has 0 atom stereocenters. The van der Waals surface area contributed by atoms with Crippen molar-refractivity contribution >= 4 is 10.1 Å². The molecule has 0 amide bonds. The fraction of sp³-hybridized carbons (Fsp3) is 0. The fourth-order valence-corrected chi connectivity index (χ4v) is 1.12. The van der Waals surface area contributed by atoms with Crippen molar-refractivity contribution in [2.45, 2.75) is 0 Å². The van der Waals surface area contributed by atoms with Gasteiger partial charge < -0.3 is 0 Å². The molecule has 1 radical (unpaired) electrons. The van der Waals surface area contributed by atoms with Crippen molar-refractivity contribution in [1.29, 1.82) is 0 Å². The molecule has 0 aliphatic rings. The van der Waals surface area contributed by atoms with Crippen molar-refractivity contribution in [2.75, 3.05) is 0 Å². The second-order valence-electron chi connectivity index (χ2n) is 1.91. The first kappa shape index (κ1) is 8.16. The molecule has 5 heteroatoms. The molecule has 1 aromatic rings. The molecule has 1 N–H and O–H groups in total. The first-order valence-electron chi connectivity index (χ1n) is 2.80. The Balaban J connectivity index is 2.82. The summed E-state index contributed by atoms with van der Waals surface area (Å²) in [4.78, 5) is 3.68. The lowest BCUT2D eigenvalue weighted by molar-refractivity contribution is 0.491. The number of rotatable bonds is 2. The Bertz CT molecular complexity index is 319. The van der Waals surface area contributed by atoms with Crippen LogP contribution in [0.2, 0.25) is 0 Å². The van der Waals surface area contributed by atoms with E-state index in [1.165, 1.54) is 24.5 Å². The molecule has 0 unspecified atom stereocenters.